The molecule has 6 nitrogen and oxygen atoms in total. The molecule has 0 aliphatic rings. The van der Waals surface area contributed by atoms with Crippen LogP contribution in [0, 0.1) is 13.8 Å². The van der Waals surface area contributed by atoms with Gasteiger partial charge in [-0.25, -0.2) is 0 Å². The van der Waals surface area contributed by atoms with Gasteiger partial charge in [0.05, 0.1) is 23.5 Å². The lowest BCUT2D eigenvalue weighted by atomic mass is 10.1. The van der Waals surface area contributed by atoms with Gasteiger partial charge in [0.1, 0.15) is 10.8 Å². The summed E-state index contributed by atoms with van der Waals surface area (Å²) in [6.45, 7) is 3.54. The van der Waals surface area contributed by atoms with Crippen LogP contribution in [0.1, 0.15) is 27.3 Å². The normalized spacial score (nSPS) is 12.4. The van der Waals surface area contributed by atoms with E-state index in [1.807, 2.05) is 0 Å². The van der Waals surface area contributed by atoms with E-state index >= 15 is 0 Å². The predicted molar refractivity (Wildman–Crippen MR) is 75.6 cm³/mol. The Labute approximate surface area is 121 Å². The molecule has 0 radical (unpaired) electrons. The Hall–Kier alpha value is -2.08. The molecule has 0 spiro atoms. The van der Waals surface area contributed by atoms with Gasteiger partial charge in [-0.3, -0.25) is 14.2 Å². The molecule has 0 saturated heterocycles. The number of aromatic nitrogens is 4. The molecule has 0 amide bonds. The highest BCUT2D eigenvalue weighted by Gasteiger charge is 2.22. The zero-order chi connectivity index (χ0) is 15.0. The van der Waals surface area contributed by atoms with Crippen molar-refractivity contribution in [2.75, 3.05) is 0 Å². The lowest BCUT2D eigenvalue weighted by Gasteiger charge is -2.04. The van der Waals surface area contributed by atoms with Gasteiger partial charge in [-0.2, -0.15) is 10.2 Å². The number of hydrogen-bond acceptors (Lipinski definition) is 4. The van der Waals surface area contributed by atoms with Gasteiger partial charge in [-0.15, -0.1) is 0 Å². The summed E-state index contributed by atoms with van der Waals surface area (Å²) in [5.41, 5.74) is 2.21. The predicted octanol–water partition coefficient (Wildman–Crippen LogP) is 2.12. The molecule has 0 bridgehead atoms. The Morgan fingerprint density at radius 2 is 1.55 bits per heavy atom. The Balaban J connectivity index is 2.46. The molecule has 2 aromatic heterocycles. The number of Topliss-reactive ketones (excluding diaryl/α,β-unsaturated/α-hetero) is 1. The first-order valence-electron chi connectivity index (χ1n) is 5.95. The van der Waals surface area contributed by atoms with Crippen molar-refractivity contribution in [3.8, 4) is 0 Å². The lowest BCUT2D eigenvalue weighted by molar-refractivity contribution is 0.104. The Bertz CT molecular complexity index is 712. The fourth-order valence-electron chi connectivity index (χ4n) is 1.80. The smallest absolute Gasteiger partial charge is 0.211 e. The van der Waals surface area contributed by atoms with Crippen molar-refractivity contribution in [1.82, 2.24) is 19.6 Å². The number of aliphatic hydroxyl groups excluding tert-OH is 1. The highest BCUT2D eigenvalue weighted by Crippen LogP contribution is 2.25. The van der Waals surface area contributed by atoms with Crippen LogP contribution >= 0.6 is 11.6 Å². The number of allylic oxidation sites excluding steroid dienone is 1. The zero-order valence-corrected chi connectivity index (χ0v) is 12.4. The van der Waals surface area contributed by atoms with Crippen LogP contribution in [-0.2, 0) is 14.1 Å². The average molecular weight is 295 g/mol. The van der Waals surface area contributed by atoms with E-state index in [1.54, 1.807) is 37.3 Å². The second-order valence-electron chi connectivity index (χ2n) is 4.53. The maximum Gasteiger partial charge on any atom is 0.211 e. The number of rotatable bonds is 3. The quantitative estimate of drug-likeness (QED) is 0.534. The molecule has 0 unspecified atom stereocenters. The lowest BCUT2D eigenvalue weighted by Crippen LogP contribution is -2.04. The first kappa shape index (κ1) is 14.3. The van der Waals surface area contributed by atoms with Crippen LogP contribution in [-0.4, -0.2) is 30.5 Å². The molecule has 106 valence electrons. The second-order valence-corrected chi connectivity index (χ2v) is 4.90. The number of hydrogen-bond donors (Lipinski definition) is 1. The van der Waals surface area contributed by atoms with Crippen molar-refractivity contribution < 1.29 is 9.90 Å². The fraction of sp³-hybridized carbons (Fsp3) is 0.308. The molecule has 2 heterocycles. The van der Waals surface area contributed by atoms with Crippen molar-refractivity contribution in [3.63, 3.8) is 0 Å². The highest BCUT2D eigenvalue weighted by atomic mass is 35.5. The third-order valence-corrected chi connectivity index (χ3v) is 3.73. The van der Waals surface area contributed by atoms with Crippen LogP contribution in [0.2, 0.25) is 0 Å². The molecule has 1 N–H and O–H groups in total. The molecule has 0 aliphatic heterocycles. The van der Waals surface area contributed by atoms with Crippen molar-refractivity contribution in [3.05, 3.63) is 39.9 Å². The van der Waals surface area contributed by atoms with Crippen molar-refractivity contribution >= 4 is 23.1 Å². The minimum absolute atomic E-state index is 0.239. The maximum atomic E-state index is 12.3. The van der Waals surface area contributed by atoms with E-state index in [-0.39, 0.29) is 10.8 Å². The van der Waals surface area contributed by atoms with E-state index in [4.69, 9.17) is 11.6 Å². The topological polar surface area (TPSA) is 72.9 Å². The Morgan fingerprint density at radius 3 is 1.95 bits per heavy atom. The van der Waals surface area contributed by atoms with Crippen LogP contribution in [0.3, 0.4) is 0 Å². The van der Waals surface area contributed by atoms with Crippen LogP contribution in [0.25, 0.3) is 5.76 Å². The van der Waals surface area contributed by atoms with Gasteiger partial charge in [0, 0.05) is 25.5 Å². The molecule has 0 aliphatic carbocycles. The third-order valence-electron chi connectivity index (χ3n) is 3.38. The van der Waals surface area contributed by atoms with Crippen LogP contribution in [0.5, 0.6) is 0 Å². The highest BCUT2D eigenvalue weighted by molar-refractivity contribution is 6.47. The van der Waals surface area contributed by atoms with E-state index in [1.165, 1.54) is 12.4 Å². The second kappa shape index (κ2) is 5.13. The van der Waals surface area contributed by atoms with Crippen LogP contribution < -0.4 is 0 Å². The number of ketones is 1. The molecule has 0 aromatic carbocycles. The van der Waals surface area contributed by atoms with E-state index in [2.05, 4.69) is 10.2 Å². The standard InChI is InChI=1S/C13H15ClN4O2/c1-7-9(5-15-17(7)3)12(19)11(14)13(20)10-6-16-18(4)8(10)2/h5-6,19H,1-4H3. The third kappa shape index (κ3) is 2.22. The molecule has 0 saturated carbocycles. The molecular formula is C13H15ClN4O2. The minimum Gasteiger partial charge on any atom is -0.505 e. The summed E-state index contributed by atoms with van der Waals surface area (Å²) in [4.78, 5) is 12.3. The van der Waals surface area contributed by atoms with Crippen molar-refractivity contribution in [2.45, 2.75) is 13.8 Å². The number of nitrogens with zero attached hydrogens (tertiary/aromatic N) is 4. The first-order valence-corrected chi connectivity index (χ1v) is 6.33. The molecule has 20 heavy (non-hydrogen) atoms. The van der Waals surface area contributed by atoms with Gasteiger partial charge >= 0.3 is 0 Å². The minimum atomic E-state index is -0.460. The van der Waals surface area contributed by atoms with Gasteiger partial charge in [0.2, 0.25) is 5.78 Å². The average Bonchev–Trinajstić information content (AvgIpc) is 2.93. The summed E-state index contributed by atoms with van der Waals surface area (Å²) in [6, 6.07) is 0. The Kier molecular flexibility index (Phi) is 3.67. The monoisotopic (exact) mass is 294 g/mol. The number of aryl methyl sites for hydroxylation is 2. The number of carbonyl (C=O) groups is 1. The molecule has 0 fully saturated rings. The summed E-state index contributed by atoms with van der Waals surface area (Å²) in [5.74, 6) is -0.733. The summed E-state index contributed by atoms with van der Waals surface area (Å²) in [6.07, 6.45) is 2.90. The SMILES string of the molecule is Cc1c(C(=O)C(Cl)=C(O)c2cnn(C)c2C)cnn1C. The molecular weight excluding hydrogens is 280 g/mol. The van der Waals surface area contributed by atoms with Gasteiger partial charge < -0.3 is 5.11 Å². The summed E-state index contributed by atoms with van der Waals surface area (Å²) in [5, 5.41) is 17.9. The van der Waals surface area contributed by atoms with Crippen LogP contribution in [0.4, 0.5) is 0 Å². The largest absolute Gasteiger partial charge is 0.505 e. The number of carbonyl (C=O) groups excluding carboxylic acids is 1. The number of halogens is 1. The van der Waals surface area contributed by atoms with Gasteiger partial charge in [-0.05, 0) is 13.8 Å². The Morgan fingerprint density at radius 1 is 1.10 bits per heavy atom. The van der Waals surface area contributed by atoms with E-state index < -0.39 is 5.78 Å². The first-order chi connectivity index (χ1) is 9.34. The van der Waals surface area contributed by atoms with Gasteiger partial charge in [-0.1, -0.05) is 11.6 Å². The molecule has 2 aromatic rings. The fourth-order valence-corrected chi connectivity index (χ4v) is 2.00. The zero-order valence-electron chi connectivity index (χ0n) is 11.7. The summed E-state index contributed by atoms with van der Waals surface area (Å²) >= 11 is 6.02. The van der Waals surface area contributed by atoms with E-state index in [0.29, 0.717) is 16.8 Å². The van der Waals surface area contributed by atoms with E-state index in [9.17, 15) is 9.90 Å². The van der Waals surface area contributed by atoms with Gasteiger partial charge in [0.15, 0.2) is 0 Å². The van der Waals surface area contributed by atoms with Crippen LogP contribution in [0.15, 0.2) is 17.4 Å². The van der Waals surface area contributed by atoms with E-state index in [0.717, 1.165) is 5.69 Å². The van der Waals surface area contributed by atoms with Gasteiger partial charge in [0.25, 0.3) is 0 Å². The molecule has 0 atom stereocenters. The maximum absolute atomic E-state index is 12.3. The molecule has 7 heteroatoms. The number of aliphatic hydroxyl groups is 1. The summed E-state index contributed by atoms with van der Waals surface area (Å²) < 4.78 is 3.17. The molecule has 2 rings (SSSR count). The summed E-state index contributed by atoms with van der Waals surface area (Å²) in [7, 11) is 3.47. The van der Waals surface area contributed by atoms with Crippen molar-refractivity contribution in [1.29, 1.82) is 0 Å². The van der Waals surface area contributed by atoms with Crippen molar-refractivity contribution in [2.24, 2.45) is 14.1 Å².